The van der Waals surface area contributed by atoms with Crippen molar-refractivity contribution in [3.05, 3.63) is 66.2 Å². The van der Waals surface area contributed by atoms with Gasteiger partial charge in [-0.2, -0.15) is 0 Å². The van der Waals surface area contributed by atoms with Gasteiger partial charge in [0.05, 0.1) is 10.9 Å². The first-order valence-corrected chi connectivity index (χ1v) is 9.88. The molecule has 1 fully saturated rings. The first kappa shape index (κ1) is 21.8. The fourth-order valence-electron chi connectivity index (χ4n) is 2.88. The lowest BCUT2D eigenvalue weighted by Crippen LogP contribution is -2.31. The van der Waals surface area contributed by atoms with Crippen molar-refractivity contribution in [1.82, 2.24) is 0 Å². The van der Waals surface area contributed by atoms with Crippen molar-refractivity contribution in [2.24, 2.45) is 5.73 Å². The highest BCUT2D eigenvalue weighted by atomic mass is 32.2. The molecule has 9 nitrogen and oxygen atoms in total. The standard InChI is InChI=1S/C21H17N3O6S/c22-20(29)12-4-6-14(7-5-12)24-18(26)11-16(21(24)30)31-15-3-1-2-13(10-15)23-17(25)8-9-19(27)28/h1-10,16H,11H2,(H2,22,29)(H,23,25)(H,27,28)/b9-8+/t16-/m1/s1. The van der Waals surface area contributed by atoms with Gasteiger partial charge in [-0.15, -0.1) is 11.8 Å². The quantitative estimate of drug-likeness (QED) is 0.440. The summed E-state index contributed by atoms with van der Waals surface area (Å²) in [6.45, 7) is 0. The minimum atomic E-state index is -1.24. The van der Waals surface area contributed by atoms with Crippen LogP contribution in [0.2, 0.25) is 0 Å². The predicted octanol–water partition coefficient (Wildman–Crippen LogP) is 1.79. The molecule has 158 valence electrons. The molecule has 0 aromatic heterocycles. The van der Waals surface area contributed by atoms with Crippen molar-refractivity contribution in [2.75, 3.05) is 10.2 Å². The van der Waals surface area contributed by atoms with Gasteiger partial charge in [0.2, 0.25) is 23.6 Å². The third kappa shape index (κ3) is 5.37. The number of anilines is 2. The molecule has 0 saturated carbocycles. The topological polar surface area (TPSA) is 147 Å². The first-order valence-electron chi connectivity index (χ1n) is 9.00. The monoisotopic (exact) mass is 439 g/mol. The van der Waals surface area contributed by atoms with E-state index in [-0.39, 0.29) is 23.8 Å². The largest absolute Gasteiger partial charge is 0.478 e. The second kappa shape index (κ2) is 9.26. The number of rotatable bonds is 7. The van der Waals surface area contributed by atoms with Crippen LogP contribution in [0.1, 0.15) is 16.8 Å². The zero-order valence-electron chi connectivity index (χ0n) is 16.0. The first-order chi connectivity index (χ1) is 14.7. The SMILES string of the molecule is NC(=O)c1ccc(N2C(=O)C[C@@H](Sc3cccc(NC(=O)/C=C/C(=O)O)c3)C2=O)cc1. The maximum absolute atomic E-state index is 12.8. The Labute approximate surface area is 180 Å². The molecule has 0 spiro atoms. The van der Waals surface area contributed by atoms with Gasteiger partial charge in [-0.3, -0.25) is 19.2 Å². The van der Waals surface area contributed by atoms with Crippen molar-refractivity contribution >= 4 is 52.7 Å². The Morgan fingerprint density at radius 3 is 2.45 bits per heavy atom. The summed E-state index contributed by atoms with van der Waals surface area (Å²) in [5.74, 6) is -3.21. The third-order valence-corrected chi connectivity index (χ3v) is 5.45. The predicted molar refractivity (Wildman–Crippen MR) is 114 cm³/mol. The minimum Gasteiger partial charge on any atom is -0.478 e. The van der Waals surface area contributed by atoms with Crippen LogP contribution < -0.4 is 16.0 Å². The van der Waals surface area contributed by atoms with E-state index in [1.807, 2.05) is 0 Å². The average molecular weight is 439 g/mol. The van der Waals surface area contributed by atoms with Crippen molar-refractivity contribution in [3.8, 4) is 0 Å². The summed E-state index contributed by atoms with van der Waals surface area (Å²) in [5.41, 5.74) is 6.25. The molecule has 4 N–H and O–H groups in total. The van der Waals surface area contributed by atoms with Gasteiger partial charge >= 0.3 is 5.97 Å². The zero-order chi connectivity index (χ0) is 22.5. The van der Waals surface area contributed by atoms with E-state index in [2.05, 4.69) is 5.32 Å². The van der Waals surface area contributed by atoms with Crippen molar-refractivity contribution < 1.29 is 29.1 Å². The summed E-state index contributed by atoms with van der Waals surface area (Å²) in [5, 5.41) is 10.4. The number of imide groups is 1. The number of nitrogens with zero attached hydrogens (tertiary/aromatic N) is 1. The van der Waals surface area contributed by atoms with Gasteiger partial charge in [-0.05, 0) is 42.5 Å². The second-order valence-electron chi connectivity index (χ2n) is 6.48. The van der Waals surface area contributed by atoms with Gasteiger partial charge in [0.25, 0.3) is 0 Å². The van der Waals surface area contributed by atoms with Gasteiger partial charge in [-0.25, -0.2) is 9.69 Å². The minimum absolute atomic E-state index is 0.000985. The number of thioether (sulfide) groups is 1. The molecule has 0 aliphatic carbocycles. The van der Waals surface area contributed by atoms with Crippen LogP contribution in [0.3, 0.4) is 0 Å². The van der Waals surface area contributed by atoms with Crippen LogP contribution in [0.25, 0.3) is 0 Å². The molecule has 1 atom stereocenters. The van der Waals surface area contributed by atoms with E-state index < -0.39 is 23.0 Å². The molecule has 1 saturated heterocycles. The number of carbonyl (C=O) groups excluding carboxylic acids is 4. The molecule has 2 aromatic rings. The van der Waals surface area contributed by atoms with Crippen LogP contribution in [0, 0.1) is 0 Å². The van der Waals surface area contributed by atoms with Crippen molar-refractivity contribution in [2.45, 2.75) is 16.6 Å². The summed E-state index contributed by atoms with van der Waals surface area (Å²) >= 11 is 1.18. The highest BCUT2D eigenvalue weighted by molar-refractivity contribution is 8.00. The lowest BCUT2D eigenvalue weighted by Gasteiger charge is -2.15. The second-order valence-corrected chi connectivity index (χ2v) is 7.75. The lowest BCUT2D eigenvalue weighted by atomic mass is 10.2. The number of nitrogens with two attached hydrogens (primary N) is 1. The molecule has 0 unspecified atom stereocenters. The molecule has 3 rings (SSSR count). The van der Waals surface area contributed by atoms with Crippen LogP contribution in [0.5, 0.6) is 0 Å². The average Bonchev–Trinajstić information content (AvgIpc) is 2.99. The van der Waals surface area contributed by atoms with E-state index in [0.717, 1.165) is 17.1 Å². The van der Waals surface area contributed by atoms with Crippen LogP contribution in [-0.2, 0) is 19.2 Å². The van der Waals surface area contributed by atoms with Crippen molar-refractivity contribution in [1.29, 1.82) is 0 Å². The highest BCUT2D eigenvalue weighted by Crippen LogP contribution is 2.34. The number of carboxylic acid groups (broad SMARTS) is 1. The number of hydrogen-bond donors (Lipinski definition) is 3. The number of hydrogen-bond acceptors (Lipinski definition) is 6. The molecule has 31 heavy (non-hydrogen) atoms. The number of amides is 4. The molecular formula is C21H17N3O6S. The number of carbonyl (C=O) groups is 5. The highest BCUT2D eigenvalue weighted by Gasteiger charge is 2.40. The smallest absolute Gasteiger partial charge is 0.328 e. The van der Waals surface area contributed by atoms with Crippen LogP contribution in [0.15, 0.2) is 65.6 Å². The normalized spacial score (nSPS) is 16.0. The number of primary amides is 1. The fraction of sp³-hybridized carbons (Fsp3) is 0.0952. The molecule has 1 aliphatic heterocycles. The maximum Gasteiger partial charge on any atom is 0.328 e. The Kier molecular flexibility index (Phi) is 6.51. The molecular weight excluding hydrogens is 422 g/mol. The summed E-state index contributed by atoms with van der Waals surface area (Å²) in [6.07, 6.45) is 1.61. The van der Waals surface area contributed by atoms with Crippen LogP contribution in [-0.4, -0.2) is 40.0 Å². The number of carboxylic acids is 1. The maximum atomic E-state index is 12.8. The van der Waals surface area contributed by atoms with Gasteiger partial charge in [-0.1, -0.05) is 6.07 Å². The van der Waals surface area contributed by atoms with E-state index in [4.69, 9.17) is 10.8 Å². The number of benzene rings is 2. The fourth-order valence-corrected chi connectivity index (χ4v) is 4.00. The molecule has 1 heterocycles. The summed E-state index contributed by atoms with van der Waals surface area (Å²) < 4.78 is 0. The van der Waals surface area contributed by atoms with E-state index in [1.54, 1.807) is 24.3 Å². The molecule has 4 amide bonds. The van der Waals surface area contributed by atoms with Gasteiger partial charge in [0, 0.05) is 34.7 Å². The Morgan fingerprint density at radius 2 is 1.81 bits per heavy atom. The third-order valence-electron chi connectivity index (χ3n) is 4.27. The van der Waals surface area contributed by atoms with E-state index in [9.17, 15) is 24.0 Å². The number of aliphatic carboxylic acids is 1. The van der Waals surface area contributed by atoms with Gasteiger partial charge in [0.1, 0.15) is 0 Å². The van der Waals surface area contributed by atoms with Crippen LogP contribution in [0.4, 0.5) is 11.4 Å². The molecule has 0 bridgehead atoms. The number of nitrogens with one attached hydrogen (secondary N) is 1. The summed E-state index contributed by atoms with van der Waals surface area (Å²) in [7, 11) is 0. The Hall–Kier alpha value is -3.92. The molecule has 0 radical (unpaired) electrons. The zero-order valence-corrected chi connectivity index (χ0v) is 16.8. The van der Waals surface area contributed by atoms with Crippen LogP contribution >= 0.6 is 11.8 Å². The Balaban J connectivity index is 1.70. The lowest BCUT2D eigenvalue weighted by molar-refractivity contribution is -0.131. The summed E-state index contributed by atoms with van der Waals surface area (Å²) in [6, 6.07) is 12.5. The van der Waals surface area contributed by atoms with E-state index >= 15 is 0 Å². The molecule has 10 heteroatoms. The van der Waals surface area contributed by atoms with Gasteiger partial charge in [0.15, 0.2) is 0 Å². The van der Waals surface area contributed by atoms with E-state index in [0.29, 0.717) is 16.3 Å². The van der Waals surface area contributed by atoms with Gasteiger partial charge < -0.3 is 16.2 Å². The van der Waals surface area contributed by atoms with Crippen molar-refractivity contribution in [3.63, 3.8) is 0 Å². The Bertz CT molecular complexity index is 1100. The summed E-state index contributed by atoms with van der Waals surface area (Å²) in [4.78, 5) is 60.4. The molecule has 2 aromatic carbocycles. The molecule has 1 aliphatic rings. The van der Waals surface area contributed by atoms with E-state index in [1.165, 1.54) is 36.0 Å². The Morgan fingerprint density at radius 1 is 1.10 bits per heavy atom.